The number of aromatic amines is 1. The number of likely N-dealkylation sites (N-methyl/N-ethyl adjacent to an activating group) is 2. The van der Waals surface area contributed by atoms with Gasteiger partial charge in [0.1, 0.15) is 9.83 Å². The third-order valence-corrected chi connectivity index (χ3v) is 7.76. The molecular weight excluding hydrogens is 434 g/mol. The highest BCUT2D eigenvalue weighted by molar-refractivity contribution is 7.18. The molecule has 0 spiro atoms. The van der Waals surface area contributed by atoms with Gasteiger partial charge in [0, 0.05) is 35.9 Å². The molecule has 0 atom stereocenters. The molecule has 0 aromatic carbocycles. The van der Waals surface area contributed by atoms with Crippen molar-refractivity contribution in [3.05, 3.63) is 43.1 Å². The number of carbonyl (C=O) groups excluding carboxylic acids is 1. The van der Waals surface area contributed by atoms with E-state index in [0.717, 1.165) is 54.8 Å². The van der Waals surface area contributed by atoms with E-state index in [4.69, 9.17) is 10.5 Å². The summed E-state index contributed by atoms with van der Waals surface area (Å²) in [5.41, 5.74) is 8.81. The van der Waals surface area contributed by atoms with E-state index in [9.17, 15) is 9.59 Å². The van der Waals surface area contributed by atoms with Crippen molar-refractivity contribution in [2.24, 2.45) is 0 Å². The van der Waals surface area contributed by atoms with Crippen molar-refractivity contribution in [3.63, 3.8) is 0 Å². The molecule has 2 aliphatic heterocycles. The number of H-pyrrole nitrogens is 1. The summed E-state index contributed by atoms with van der Waals surface area (Å²) in [6.07, 6.45) is 3.32. The van der Waals surface area contributed by atoms with Crippen LogP contribution in [0.1, 0.15) is 38.2 Å². The minimum atomic E-state index is -0.276. The number of nitrogen functional groups attached to an aromatic ring is 1. The minimum absolute atomic E-state index is 0.00190. The van der Waals surface area contributed by atoms with Gasteiger partial charge in [-0.2, -0.15) is 0 Å². The Labute approximate surface area is 188 Å². The molecular formula is C21H27N5O3S2. The number of carbonyl (C=O) groups is 1. The molecule has 0 fully saturated rings. The maximum atomic E-state index is 11.8. The maximum Gasteiger partial charge on any atom is 0.341 e. The fourth-order valence-corrected chi connectivity index (χ4v) is 6.50. The third kappa shape index (κ3) is 4.38. The van der Waals surface area contributed by atoms with Crippen molar-refractivity contribution in [2.45, 2.75) is 32.9 Å². The van der Waals surface area contributed by atoms with Crippen LogP contribution in [0.3, 0.4) is 0 Å². The van der Waals surface area contributed by atoms with Crippen molar-refractivity contribution in [1.82, 2.24) is 19.8 Å². The summed E-state index contributed by atoms with van der Waals surface area (Å²) in [5, 5.41) is 1.41. The molecule has 10 heteroatoms. The van der Waals surface area contributed by atoms with Gasteiger partial charge in [0.15, 0.2) is 0 Å². The molecule has 0 amide bonds. The molecule has 3 aromatic heterocycles. The van der Waals surface area contributed by atoms with Crippen LogP contribution in [0.5, 0.6) is 0 Å². The van der Waals surface area contributed by atoms with Crippen molar-refractivity contribution in [2.75, 3.05) is 39.5 Å². The maximum absolute atomic E-state index is 11.8. The number of rotatable bonds is 2. The van der Waals surface area contributed by atoms with E-state index < -0.39 is 0 Å². The van der Waals surface area contributed by atoms with Crippen LogP contribution >= 0.6 is 22.7 Å². The van der Waals surface area contributed by atoms with Crippen molar-refractivity contribution in [1.29, 1.82) is 0 Å². The standard InChI is InChI=1S/C11H16N2O2S.C10H11N3OS/c1-3-15-11(14)9-7-4-5-13(2)6-8(7)16-10(9)12;1-13-3-2-6-7(4-13)15-10-8(6)9(14)11-5-12-10/h3-6,12H2,1-2H3;5H,2-4H2,1H3,(H,11,12,14). The summed E-state index contributed by atoms with van der Waals surface area (Å²) in [7, 11) is 4.17. The molecule has 166 valence electrons. The average molecular weight is 462 g/mol. The molecule has 31 heavy (non-hydrogen) atoms. The normalized spacial score (nSPS) is 16.4. The van der Waals surface area contributed by atoms with Gasteiger partial charge in [0.2, 0.25) is 0 Å². The van der Waals surface area contributed by atoms with Gasteiger partial charge in [-0.15, -0.1) is 22.7 Å². The van der Waals surface area contributed by atoms with Gasteiger partial charge in [-0.1, -0.05) is 0 Å². The van der Waals surface area contributed by atoms with Crippen molar-refractivity contribution in [3.8, 4) is 0 Å². The predicted octanol–water partition coefficient (Wildman–Crippen LogP) is 2.47. The summed E-state index contributed by atoms with van der Waals surface area (Å²) < 4.78 is 5.03. The zero-order chi connectivity index (χ0) is 22.1. The first-order chi connectivity index (χ1) is 14.9. The number of nitrogens with two attached hydrogens (primary N) is 1. The zero-order valence-corrected chi connectivity index (χ0v) is 19.6. The molecule has 3 aromatic rings. The highest BCUT2D eigenvalue weighted by Gasteiger charge is 2.26. The van der Waals surface area contributed by atoms with Crippen LogP contribution in [0.4, 0.5) is 5.00 Å². The van der Waals surface area contributed by atoms with Crippen LogP contribution in [-0.2, 0) is 30.7 Å². The van der Waals surface area contributed by atoms with Gasteiger partial charge in [0.25, 0.3) is 5.56 Å². The Bertz CT molecular complexity index is 1170. The number of anilines is 1. The molecule has 0 bridgehead atoms. The predicted molar refractivity (Wildman–Crippen MR) is 125 cm³/mol. The molecule has 5 heterocycles. The number of nitrogens with one attached hydrogen (secondary N) is 1. The average Bonchev–Trinajstić information content (AvgIpc) is 3.25. The Morgan fingerprint density at radius 3 is 2.48 bits per heavy atom. The molecule has 3 N–H and O–H groups in total. The SMILES string of the molecule is CCOC(=O)c1c(N)sc2c1CCN(C)C2.CN1CCc2c(sc3nc[nH]c(=O)c23)C1. The lowest BCUT2D eigenvalue weighted by atomic mass is 10.0. The van der Waals surface area contributed by atoms with Crippen LogP contribution in [0, 0.1) is 0 Å². The highest BCUT2D eigenvalue weighted by atomic mass is 32.1. The second kappa shape index (κ2) is 9.07. The smallest absolute Gasteiger partial charge is 0.341 e. The van der Waals surface area contributed by atoms with Gasteiger partial charge in [-0.25, -0.2) is 9.78 Å². The van der Waals surface area contributed by atoms with E-state index >= 15 is 0 Å². The molecule has 0 saturated heterocycles. The lowest BCUT2D eigenvalue weighted by Crippen LogP contribution is -2.26. The number of thiophene rings is 2. The fraction of sp³-hybridized carbons (Fsp3) is 0.476. The van der Waals surface area contributed by atoms with E-state index in [1.54, 1.807) is 18.3 Å². The third-order valence-electron chi connectivity index (χ3n) is 5.59. The first-order valence-corrected chi connectivity index (χ1v) is 11.9. The van der Waals surface area contributed by atoms with Gasteiger partial charge in [0.05, 0.1) is 23.9 Å². The van der Waals surface area contributed by atoms with Crippen LogP contribution in [0.2, 0.25) is 0 Å². The van der Waals surface area contributed by atoms with E-state index in [-0.39, 0.29) is 11.5 Å². The fourth-order valence-electron chi connectivity index (χ4n) is 4.04. The summed E-state index contributed by atoms with van der Waals surface area (Å²) in [5.74, 6) is -0.276. The van der Waals surface area contributed by atoms with Crippen LogP contribution in [0.15, 0.2) is 11.1 Å². The second-order valence-corrected chi connectivity index (χ2v) is 10.1. The minimum Gasteiger partial charge on any atom is -0.462 e. The Hall–Kier alpha value is -2.27. The Morgan fingerprint density at radius 1 is 1.16 bits per heavy atom. The summed E-state index contributed by atoms with van der Waals surface area (Å²) in [4.78, 5) is 38.2. The van der Waals surface area contributed by atoms with Crippen LogP contribution in [0.25, 0.3) is 10.2 Å². The van der Waals surface area contributed by atoms with E-state index in [1.807, 2.05) is 0 Å². The highest BCUT2D eigenvalue weighted by Crippen LogP contribution is 2.35. The van der Waals surface area contributed by atoms with Gasteiger partial charge in [-0.05, 0) is 45.0 Å². The van der Waals surface area contributed by atoms with E-state index in [2.05, 4.69) is 33.9 Å². The van der Waals surface area contributed by atoms with Crippen LogP contribution in [-0.4, -0.2) is 59.5 Å². The summed E-state index contributed by atoms with van der Waals surface area (Å²) in [6, 6.07) is 0. The Balaban J connectivity index is 0.000000149. The number of aromatic nitrogens is 2. The molecule has 0 radical (unpaired) electrons. The number of esters is 1. The zero-order valence-electron chi connectivity index (χ0n) is 18.0. The van der Waals surface area contributed by atoms with Gasteiger partial charge >= 0.3 is 5.97 Å². The summed E-state index contributed by atoms with van der Waals surface area (Å²) >= 11 is 3.15. The Kier molecular flexibility index (Phi) is 6.42. The van der Waals surface area contributed by atoms with E-state index in [1.165, 1.54) is 33.0 Å². The number of ether oxygens (including phenoxy) is 1. The quantitative estimate of drug-likeness (QED) is 0.565. The largest absolute Gasteiger partial charge is 0.462 e. The monoisotopic (exact) mass is 461 g/mol. The lowest BCUT2D eigenvalue weighted by molar-refractivity contribution is 0.0526. The molecule has 0 unspecified atom stereocenters. The molecule has 5 rings (SSSR count). The number of hydrogen-bond donors (Lipinski definition) is 2. The van der Waals surface area contributed by atoms with Crippen molar-refractivity contribution < 1.29 is 9.53 Å². The second-order valence-electron chi connectivity index (χ2n) is 7.85. The first-order valence-electron chi connectivity index (χ1n) is 10.3. The number of nitrogens with zero attached hydrogens (tertiary/aromatic N) is 3. The topological polar surface area (TPSA) is 105 Å². The molecule has 0 aliphatic carbocycles. The first kappa shape index (κ1) is 21.9. The molecule has 8 nitrogen and oxygen atoms in total. The summed E-state index contributed by atoms with van der Waals surface area (Å²) in [6.45, 7) is 6.01. The lowest BCUT2D eigenvalue weighted by Gasteiger charge is -2.22. The van der Waals surface area contributed by atoms with Crippen molar-refractivity contribution >= 4 is 43.9 Å². The van der Waals surface area contributed by atoms with Gasteiger partial charge in [-0.3, -0.25) is 4.79 Å². The molecule has 2 aliphatic rings. The number of fused-ring (bicyclic) bond motifs is 4. The van der Waals surface area contributed by atoms with E-state index in [0.29, 0.717) is 17.2 Å². The van der Waals surface area contributed by atoms with Crippen LogP contribution < -0.4 is 11.3 Å². The number of hydrogen-bond acceptors (Lipinski definition) is 9. The molecule has 0 saturated carbocycles. The van der Waals surface area contributed by atoms with Gasteiger partial charge < -0.3 is 25.3 Å². The Morgan fingerprint density at radius 2 is 1.81 bits per heavy atom.